The number of non-ortho nitro benzene ring substituents is 1. The van der Waals surface area contributed by atoms with Crippen LogP contribution in [0.25, 0.3) is 0 Å². The zero-order valence-corrected chi connectivity index (χ0v) is 12.2. The molecule has 2 amide bonds. The van der Waals surface area contributed by atoms with Gasteiger partial charge < -0.3 is 15.0 Å². The van der Waals surface area contributed by atoms with Gasteiger partial charge in [-0.2, -0.15) is 0 Å². The molecule has 118 valence electrons. The highest BCUT2D eigenvalue weighted by Gasteiger charge is 2.24. The predicted molar refractivity (Wildman–Crippen MR) is 78.7 cm³/mol. The van der Waals surface area contributed by atoms with Crippen molar-refractivity contribution in [3.05, 3.63) is 28.3 Å². The zero-order chi connectivity index (χ0) is 16.1. The summed E-state index contributed by atoms with van der Waals surface area (Å²) in [4.78, 5) is 35.7. The third-order valence-electron chi connectivity index (χ3n) is 3.48. The monoisotopic (exact) mass is 307 g/mol. The lowest BCUT2D eigenvalue weighted by Gasteiger charge is -2.26. The number of nitro groups is 1. The first-order chi connectivity index (χ1) is 10.5. The lowest BCUT2D eigenvalue weighted by molar-refractivity contribution is -0.384. The molecule has 1 aliphatic heterocycles. The van der Waals surface area contributed by atoms with Crippen molar-refractivity contribution < 1.29 is 19.2 Å². The van der Waals surface area contributed by atoms with Gasteiger partial charge in [0, 0.05) is 19.2 Å². The van der Waals surface area contributed by atoms with Crippen LogP contribution in [0.2, 0.25) is 0 Å². The minimum atomic E-state index is -0.769. The van der Waals surface area contributed by atoms with Crippen molar-refractivity contribution in [3.8, 4) is 5.75 Å². The Hall–Kier alpha value is -2.64. The van der Waals surface area contributed by atoms with Crippen LogP contribution in [0.15, 0.2) is 18.2 Å². The Morgan fingerprint density at radius 1 is 1.27 bits per heavy atom. The second-order valence-electron chi connectivity index (χ2n) is 4.95. The van der Waals surface area contributed by atoms with Crippen LogP contribution in [0, 0.1) is 10.1 Å². The van der Waals surface area contributed by atoms with E-state index in [9.17, 15) is 19.7 Å². The molecule has 0 aliphatic carbocycles. The number of carbonyl (C=O) groups excluding carboxylic acids is 2. The molecule has 8 heteroatoms. The van der Waals surface area contributed by atoms with Crippen LogP contribution in [-0.2, 0) is 9.59 Å². The largest absolute Gasteiger partial charge is 0.494 e. The van der Waals surface area contributed by atoms with Crippen molar-refractivity contribution in [2.75, 3.05) is 25.5 Å². The molecule has 1 fully saturated rings. The number of hydrogen-bond acceptors (Lipinski definition) is 5. The summed E-state index contributed by atoms with van der Waals surface area (Å²) >= 11 is 0. The van der Waals surface area contributed by atoms with E-state index < -0.39 is 16.7 Å². The van der Waals surface area contributed by atoms with Crippen molar-refractivity contribution in [3.63, 3.8) is 0 Å². The van der Waals surface area contributed by atoms with Gasteiger partial charge in [0.2, 0.25) is 0 Å². The number of ether oxygens (including phenoxy) is 1. The van der Waals surface area contributed by atoms with E-state index in [1.165, 1.54) is 30.2 Å². The summed E-state index contributed by atoms with van der Waals surface area (Å²) in [7, 11) is 1.33. The first kappa shape index (κ1) is 15.7. The highest BCUT2D eigenvalue weighted by Crippen LogP contribution is 2.29. The number of benzene rings is 1. The van der Waals surface area contributed by atoms with Gasteiger partial charge in [-0.1, -0.05) is 0 Å². The molecule has 1 aromatic rings. The number of amides is 2. The van der Waals surface area contributed by atoms with Gasteiger partial charge in [-0.3, -0.25) is 19.7 Å². The Morgan fingerprint density at radius 2 is 1.95 bits per heavy atom. The zero-order valence-electron chi connectivity index (χ0n) is 12.2. The lowest BCUT2D eigenvalue weighted by atomic mass is 10.1. The molecule has 1 aromatic carbocycles. The van der Waals surface area contributed by atoms with Crippen molar-refractivity contribution in [1.82, 2.24) is 4.90 Å². The molecular weight excluding hydrogens is 290 g/mol. The van der Waals surface area contributed by atoms with Gasteiger partial charge in [-0.05, 0) is 25.3 Å². The van der Waals surface area contributed by atoms with Gasteiger partial charge in [-0.15, -0.1) is 0 Å². The summed E-state index contributed by atoms with van der Waals surface area (Å²) in [6.45, 7) is 1.15. The third-order valence-corrected chi connectivity index (χ3v) is 3.48. The average molecular weight is 307 g/mol. The molecular formula is C14H17N3O5. The van der Waals surface area contributed by atoms with Crippen molar-refractivity contribution >= 4 is 23.2 Å². The first-order valence-corrected chi connectivity index (χ1v) is 6.95. The van der Waals surface area contributed by atoms with E-state index in [1.54, 1.807) is 0 Å². The fourth-order valence-electron chi connectivity index (χ4n) is 2.31. The molecule has 22 heavy (non-hydrogen) atoms. The molecule has 1 saturated heterocycles. The smallest absolute Gasteiger partial charge is 0.314 e. The molecule has 1 aliphatic rings. The van der Waals surface area contributed by atoms with E-state index in [-0.39, 0.29) is 17.1 Å². The summed E-state index contributed by atoms with van der Waals surface area (Å²) in [5.41, 5.74) is 0.0701. The van der Waals surface area contributed by atoms with Crippen LogP contribution < -0.4 is 10.1 Å². The second kappa shape index (κ2) is 6.88. The molecule has 0 bridgehead atoms. The molecule has 8 nitrogen and oxygen atoms in total. The molecule has 2 rings (SSSR count). The summed E-state index contributed by atoms with van der Waals surface area (Å²) in [5, 5.41) is 13.2. The van der Waals surface area contributed by atoms with Crippen molar-refractivity contribution in [2.24, 2.45) is 0 Å². The maximum atomic E-state index is 12.0. The number of likely N-dealkylation sites (tertiary alicyclic amines) is 1. The highest BCUT2D eigenvalue weighted by atomic mass is 16.6. The van der Waals surface area contributed by atoms with Gasteiger partial charge in [0.1, 0.15) is 5.75 Å². The lowest BCUT2D eigenvalue weighted by Crippen LogP contribution is -2.42. The topological polar surface area (TPSA) is 102 Å². The summed E-state index contributed by atoms with van der Waals surface area (Å²) in [6, 6.07) is 3.78. The molecule has 0 unspecified atom stereocenters. The third kappa shape index (κ3) is 3.51. The molecule has 1 heterocycles. The van der Waals surface area contributed by atoms with Crippen LogP contribution >= 0.6 is 0 Å². The van der Waals surface area contributed by atoms with Crippen LogP contribution in [0.4, 0.5) is 11.4 Å². The number of rotatable bonds is 3. The van der Waals surface area contributed by atoms with Crippen molar-refractivity contribution in [1.29, 1.82) is 0 Å². The number of hydrogen-bond donors (Lipinski definition) is 1. The number of methoxy groups -OCH3 is 1. The normalized spacial score (nSPS) is 14.3. The fourth-order valence-corrected chi connectivity index (χ4v) is 2.31. The summed E-state index contributed by atoms with van der Waals surface area (Å²) in [5.74, 6) is -1.23. The molecule has 0 aromatic heterocycles. The summed E-state index contributed by atoms with van der Waals surface area (Å²) in [6.07, 6.45) is 2.83. The Morgan fingerprint density at radius 3 is 2.55 bits per heavy atom. The quantitative estimate of drug-likeness (QED) is 0.518. The number of nitrogens with zero attached hydrogens (tertiary/aromatic N) is 2. The molecule has 0 radical (unpaired) electrons. The van der Waals surface area contributed by atoms with Crippen LogP contribution in [-0.4, -0.2) is 41.8 Å². The van der Waals surface area contributed by atoms with E-state index >= 15 is 0 Å². The minimum absolute atomic E-state index is 0.133. The standard InChI is InChI=1S/C14H17N3O5/c1-22-12-9-10(17(20)21)5-6-11(12)15-13(18)14(19)16-7-3-2-4-8-16/h5-6,9H,2-4,7-8H2,1H3,(H,15,18). The minimum Gasteiger partial charge on any atom is -0.494 e. The van der Waals surface area contributed by atoms with Crippen LogP contribution in [0.3, 0.4) is 0 Å². The maximum absolute atomic E-state index is 12.0. The highest BCUT2D eigenvalue weighted by molar-refractivity contribution is 6.39. The van der Waals surface area contributed by atoms with E-state index in [1.807, 2.05) is 0 Å². The number of carbonyl (C=O) groups is 2. The van der Waals surface area contributed by atoms with Gasteiger partial charge >= 0.3 is 11.8 Å². The van der Waals surface area contributed by atoms with Crippen LogP contribution in [0.1, 0.15) is 19.3 Å². The van der Waals surface area contributed by atoms with Gasteiger partial charge in [0.15, 0.2) is 0 Å². The predicted octanol–water partition coefficient (Wildman–Crippen LogP) is 1.55. The Labute approximate surface area is 127 Å². The van der Waals surface area contributed by atoms with Gasteiger partial charge in [-0.25, -0.2) is 0 Å². The number of nitrogens with one attached hydrogen (secondary N) is 1. The van der Waals surface area contributed by atoms with Gasteiger partial charge in [0.05, 0.1) is 23.8 Å². The van der Waals surface area contributed by atoms with E-state index in [0.29, 0.717) is 13.1 Å². The summed E-state index contributed by atoms with van der Waals surface area (Å²) < 4.78 is 5.02. The van der Waals surface area contributed by atoms with E-state index in [2.05, 4.69) is 5.32 Å². The number of piperidine rings is 1. The van der Waals surface area contributed by atoms with E-state index in [0.717, 1.165) is 19.3 Å². The first-order valence-electron chi connectivity index (χ1n) is 6.95. The number of nitro benzene ring substituents is 1. The molecule has 0 saturated carbocycles. The SMILES string of the molecule is COc1cc([N+](=O)[O-])ccc1NC(=O)C(=O)N1CCCCC1. The molecule has 1 N–H and O–H groups in total. The fraction of sp³-hybridized carbons (Fsp3) is 0.429. The Bertz CT molecular complexity index is 596. The Balaban J connectivity index is 2.10. The van der Waals surface area contributed by atoms with Crippen LogP contribution in [0.5, 0.6) is 5.75 Å². The molecule has 0 atom stereocenters. The van der Waals surface area contributed by atoms with Crippen molar-refractivity contribution in [2.45, 2.75) is 19.3 Å². The number of anilines is 1. The maximum Gasteiger partial charge on any atom is 0.314 e. The molecule has 0 spiro atoms. The Kier molecular flexibility index (Phi) is 4.92. The average Bonchev–Trinajstić information content (AvgIpc) is 2.55. The van der Waals surface area contributed by atoms with E-state index in [4.69, 9.17) is 4.74 Å². The van der Waals surface area contributed by atoms with Gasteiger partial charge in [0.25, 0.3) is 5.69 Å². The second-order valence-corrected chi connectivity index (χ2v) is 4.95.